The number of fused-ring (bicyclic) bond motifs is 1. The highest BCUT2D eigenvalue weighted by atomic mass is 32.1. The first kappa shape index (κ1) is 22.8. The Morgan fingerprint density at radius 2 is 2.06 bits per heavy atom. The van der Waals surface area contributed by atoms with Crippen LogP contribution in [0.4, 0.5) is 5.82 Å². The predicted molar refractivity (Wildman–Crippen MR) is 122 cm³/mol. The van der Waals surface area contributed by atoms with Crippen LogP contribution in [0.15, 0.2) is 17.9 Å². The first-order valence-corrected chi connectivity index (χ1v) is 12.0. The number of nitrogens with zero attached hydrogens (tertiary/aromatic N) is 5. The molecule has 9 nitrogen and oxygen atoms in total. The topological polar surface area (TPSA) is 112 Å². The average Bonchev–Trinajstić information content (AvgIpc) is 3.26. The summed E-state index contributed by atoms with van der Waals surface area (Å²) < 4.78 is 0. The Bertz CT molecular complexity index is 943. The number of ketones is 1. The molecule has 2 aromatic heterocycles. The van der Waals surface area contributed by atoms with Gasteiger partial charge in [0.05, 0.1) is 17.3 Å². The van der Waals surface area contributed by atoms with Crippen molar-refractivity contribution in [2.45, 2.75) is 57.7 Å². The Balaban J connectivity index is 1.23. The van der Waals surface area contributed by atoms with Crippen LogP contribution in [0.25, 0.3) is 0 Å². The van der Waals surface area contributed by atoms with Crippen molar-refractivity contribution < 1.29 is 14.7 Å². The third-order valence-electron chi connectivity index (χ3n) is 6.17. The maximum atomic E-state index is 12.6. The van der Waals surface area contributed by atoms with E-state index in [-0.39, 0.29) is 24.2 Å². The van der Waals surface area contributed by atoms with Gasteiger partial charge in [0, 0.05) is 63.1 Å². The van der Waals surface area contributed by atoms with Gasteiger partial charge < -0.3 is 15.3 Å². The Labute approximate surface area is 191 Å². The molecule has 0 bridgehead atoms. The van der Waals surface area contributed by atoms with Crippen molar-refractivity contribution in [2.24, 2.45) is 0 Å². The van der Waals surface area contributed by atoms with Crippen LogP contribution < -0.4 is 5.32 Å². The number of anilines is 1. The van der Waals surface area contributed by atoms with E-state index in [0.717, 1.165) is 51.1 Å². The monoisotopic (exact) mass is 458 g/mol. The van der Waals surface area contributed by atoms with E-state index in [1.165, 1.54) is 11.2 Å². The molecule has 32 heavy (non-hydrogen) atoms. The van der Waals surface area contributed by atoms with Crippen LogP contribution in [0.5, 0.6) is 0 Å². The van der Waals surface area contributed by atoms with Gasteiger partial charge in [-0.25, -0.2) is 15.0 Å². The van der Waals surface area contributed by atoms with Crippen molar-refractivity contribution in [3.8, 4) is 0 Å². The Morgan fingerprint density at radius 1 is 1.25 bits per heavy atom. The molecule has 0 radical (unpaired) electrons. The van der Waals surface area contributed by atoms with Crippen molar-refractivity contribution >= 4 is 28.8 Å². The van der Waals surface area contributed by atoms with Crippen LogP contribution in [-0.4, -0.2) is 79.9 Å². The van der Waals surface area contributed by atoms with Gasteiger partial charge in [-0.05, 0) is 25.7 Å². The number of hydrogen-bond acceptors (Lipinski definition) is 9. The second-order valence-corrected chi connectivity index (χ2v) is 9.48. The number of rotatable bonds is 8. The van der Waals surface area contributed by atoms with E-state index < -0.39 is 6.10 Å². The van der Waals surface area contributed by atoms with Gasteiger partial charge in [-0.15, -0.1) is 11.3 Å². The number of amides is 1. The normalized spacial score (nSPS) is 18.2. The number of likely N-dealkylation sites (tertiary alicyclic amines) is 1. The van der Waals surface area contributed by atoms with E-state index in [4.69, 9.17) is 0 Å². The molecule has 1 saturated heterocycles. The van der Waals surface area contributed by atoms with Crippen molar-refractivity contribution in [1.29, 1.82) is 0 Å². The van der Waals surface area contributed by atoms with Crippen molar-refractivity contribution in [3.63, 3.8) is 0 Å². The molecule has 0 saturated carbocycles. The molecule has 4 heterocycles. The summed E-state index contributed by atoms with van der Waals surface area (Å²) in [6.07, 6.45) is 4.13. The van der Waals surface area contributed by atoms with Gasteiger partial charge in [-0.3, -0.25) is 14.5 Å². The highest BCUT2D eigenvalue weighted by molar-refractivity contribution is 7.09. The van der Waals surface area contributed by atoms with Crippen LogP contribution >= 0.6 is 11.3 Å². The van der Waals surface area contributed by atoms with E-state index >= 15 is 0 Å². The van der Waals surface area contributed by atoms with Crippen LogP contribution in [0, 0.1) is 0 Å². The Hall–Kier alpha value is -2.43. The number of carbonyl (C=O) groups is 2. The molecule has 0 spiro atoms. The number of piperidine rings is 1. The third kappa shape index (κ3) is 5.87. The van der Waals surface area contributed by atoms with Gasteiger partial charge in [0.15, 0.2) is 5.78 Å². The quantitative estimate of drug-likeness (QED) is 0.576. The molecule has 1 amide bonds. The van der Waals surface area contributed by atoms with E-state index in [2.05, 4.69) is 25.2 Å². The molecular formula is C22H30N6O3S. The summed E-state index contributed by atoms with van der Waals surface area (Å²) in [6.45, 7) is 5.25. The highest BCUT2D eigenvalue weighted by Gasteiger charge is 2.23. The van der Waals surface area contributed by atoms with Gasteiger partial charge in [0.25, 0.3) is 0 Å². The molecular weight excluding hydrogens is 428 g/mol. The largest absolute Gasteiger partial charge is 0.392 e. The molecule has 0 aromatic carbocycles. The maximum absolute atomic E-state index is 12.6. The first-order valence-electron chi connectivity index (χ1n) is 11.2. The lowest BCUT2D eigenvalue weighted by Crippen LogP contribution is -2.41. The summed E-state index contributed by atoms with van der Waals surface area (Å²) in [5, 5.41) is 13.8. The minimum Gasteiger partial charge on any atom is -0.392 e. The number of carbonyl (C=O) groups excluding carboxylic acids is 2. The summed E-state index contributed by atoms with van der Waals surface area (Å²) in [7, 11) is 0. The van der Waals surface area contributed by atoms with Crippen molar-refractivity contribution in [3.05, 3.63) is 34.2 Å². The van der Waals surface area contributed by atoms with Crippen LogP contribution in [0.3, 0.4) is 0 Å². The van der Waals surface area contributed by atoms with Gasteiger partial charge in [0.2, 0.25) is 5.91 Å². The fraction of sp³-hybridized carbons (Fsp3) is 0.591. The number of β-amino-alcohol motifs (C(OH)–C–C–N with tert-alkyl or cyclic N) is 1. The SMILES string of the molecule is CC(=O)N1CCC(Nc2cc(C(=O)CC[C@H](O)CN3CCc4scnc4C3)ncn2)CC1. The first-order chi connectivity index (χ1) is 15.5. The number of nitrogens with one attached hydrogen (secondary N) is 1. The minimum atomic E-state index is -0.565. The molecule has 2 aromatic rings. The van der Waals surface area contributed by atoms with Gasteiger partial charge >= 0.3 is 0 Å². The number of hydrogen-bond donors (Lipinski definition) is 2. The van der Waals surface area contributed by atoms with Crippen LogP contribution in [-0.2, 0) is 17.8 Å². The molecule has 1 fully saturated rings. The number of aliphatic hydroxyl groups excluding tert-OH is 1. The second-order valence-electron chi connectivity index (χ2n) is 8.54. The maximum Gasteiger partial charge on any atom is 0.219 e. The molecule has 1 atom stereocenters. The zero-order valence-corrected chi connectivity index (χ0v) is 19.2. The van der Waals surface area contributed by atoms with Crippen LogP contribution in [0.2, 0.25) is 0 Å². The molecule has 2 N–H and O–H groups in total. The Morgan fingerprint density at radius 3 is 2.84 bits per heavy atom. The molecule has 10 heteroatoms. The number of aromatic nitrogens is 3. The van der Waals surface area contributed by atoms with E-state index in [1.807, 2.05) is 10.4 Å². The molecule has 0 unspecified atom stereocenters. The fourth-order valence-corrected chi connectivity index (χ4v) is 5.05. The summed E-state index contributed by atoms with van der Waals surface area (Å²) in [4.78, 5) is 42.2. The highest BCUT2D eigenvalue weighted by Crippen LogP contribution is 2.22. The summed E-state index contributed by atoms with van der Waals surface area (Å²) >= 11 is 1.69. The van der Waals surface area contributed by atoms with Gasteiger partial charge in [-0.1, -0.05) is 0 Å². The number of Topliss-reactive ketones (excluding diaryl/α,β-unsaturated/α-hetero) is 1. The lowest BCUT2D eigenvalue weighted by molar-refractivity contribution is -0.129. The van der Waals surface area contributed by atoms with Gasteiger partial charge in [0.1, 0.15) is 17.8 Å². The molecule has 0 aliphatic carbocycles. The average molecular weight is 459 g/mol. The summed E-state index contributed by atoms with van der Waals surface area (Å²) in [5.74, 6) is 0.632. The molecule has 2 aliphatic heterocycles. The lowest BCUT2D eigenvalue weighted by Gasteiger charge is -2.31. The van der Waals surface area contributed by atoms with E-state index in [1.54, 1.807) is 24.3 Å². The van der Waals surface area contributed by atoms with E-state index in [9.17, 15) is 14.7 Å². The van der Waals surface area contributed by atoms with Gasteiger partial charge in [-0.2, -0.15) is 0 Å². The van der Waals surface area contributed by atoms with Crippen molar-refractivity contribution in [1.82, 2.24) is 24.8 Å². The number of aliphatic hydroxyl groups is 1. The zero-order valence-electron chi connectivity index (χ0n) is 18.4. The van der Waals surface area contributed by atoms with Crippen molar-refractivity contribution in [2.75, 3.05) is 31.5 Å². The fourth-order valence-electron chi connectivity index (χ4n) is 4.28. The second kappa shape index (κ2) is 10.5. The molecule has 4 rings (SSSR count). The standard InChI is InChI=1S/C22H30N6O3S/c1-15(29)28-8-4-16(5-9-28)26-22-10-18(23-13-24-22)20(31)3-2-17(30)11-27-7-6-21-19(12-27)25-14-32-21/h10,13-14,16-17,30H,2-9,11-12H2,1H3,(H,23,24,26)/t17-/m0/s1. The number of thiazole rings is 1. The smallest absolute Gasteiger partial charge is 0.219 e. The molecule has 2 aliphatic rings. The van der Waals surface area contributed by atoms with E-state index in [0.29, 0.717) is 24.5 Å². The molecule has 172 valence electrons. The summed E-state index contributed by atoms with van der Waals surface area (Å²) in [5.41, 5.74) is 3.35. The summed E-state index contributed by atoms with van der Waals surface area (Å²) in [6, 6.07) is 1.90. The predicted octanol–water partition coefficient (Wildman–Crippen LogP) is 1.74. The zero-order chi connectivity index (χ0) is 22.5. The lowest BCUT2D eigenvalue weighted by atomic mass is 10.0. The third-order valence-corrected chi connectivity index (χ3v) is 7.11. The van der Waals surface area contributed by atoms with Crippen LogP contribution in [0.1, 0.15) is 53.7 Å². The minimum absolute atomic E-state index is 0.0960. The Kier molecular flexibility index (Phi) is 7.44.